The van der Waals surface area contributed by atoms with Gasteiger partial charge in [0.1, 0.15) is 12.4 Å². The molecule has 0 aliphatic rings. The number of hydrazone groups is 1. The molecule has 1 amide bonds. The second-order valence-electron chi connectivity index (χ2n) is 6.20. The Kier molecular flexibility index (Phi) is 8.37. The second kappa shape index (κ2) is 11.0. The first-order valence-corrected chi connectivity index (χ1v) is 11.7. The fourth-order valence-electron chi connectivity index (χ4n) is 2.53. The van der Waals surface area contributed by atoms with Gasteiger partial charge in [-0.1, -0.05) is 12.1 Å². The van der Waals surface area contributed by atoms with Gasteiger partial charge < -0.3 is 4.74 Å². The van der Waals surface area contributed by atoms with E-state index >= 15 is 0 Å². The molecule has 3 rings (SSSR count). The summed E-state index contributed by atoms with van der Waals surface area (Å²) in [5, 5.41) is 14.8. The van der Waals surface area contributed by atoms with Crippen molar-refractivity contribution in [2.75, 3.05) is 0 Å². The van der Waals surface area contributed by atoms with Crippen LogP contribution in [0.15, 0.2) is 70.2 Å². The zero-order chi connectivity index (χ0) is 22.4. The van der Waals surface area contributed by atoms with Crippen molar-refractivity contribution in [1.29, 1.82) is 0 Å². The zero-order valence-electron chi connectivity index (χ0n) is 15.7. The maximum Gasteiger partial charge on any atom is 0.272 e. The first-order valence-electron chi connectivity index (χ1n) is 8.78. The third kappa shape index (κ3) is 6.46. The van der Waals surface area contributed by atoms with Gasteiger partial charge in [0.2, 0.25) is 0 Å². The second-order valence-corrected chi connectivity index (χ2v) is 9.38. The molecule has 0 spiro atoms. The lowest BCUT2D eigenvalue weighted by Gasteiger charge is -2.11. The predicted octanol–water partition coefficient (Wildman–Crippen LogP) is 5.91. The van der Waals surface area contributed by atoms with E-state index < -0.39 is 4.92 Å². The van der Waals surface area contributed by atoms with Crippen molar-refractivity contribution < 1.29 is 14.5 Å². The van der Waals surface area contributed by atoms with Crippen molar-refractivity contribution in [3.05, 3.63) is 99.1 Å². The molecular formula is C21H14BrI2N3O4. The Bertz CT molecular complexity index is 1130. The number of nitro groups is 1. The van der Waals surface area contributed by atoms with Crippen molar-refractivity contribution in [3.63, 3.8) is 0 Å². The van der Waals surface area contributed by atoms with Crippen LogP contribution in [0.2, 0.25) is 0 Å². The number of non-ortho nitro benzene ring substituents is 1. The highest BCUT2D eigenvalue weighted by Crippen LogP contribution is 2.29. The van der Waals surface area contributed by atoms with Gasteiger partial charge in [-0.05, 0) is 109 Å². The summed E-state index contributed by atoms with van der Waals surface area (Å²) in [6.45, 7) is 0.291. The summed E-state index contributed by atoms with van der Waals surface area (Å²) in [6, 6.07) is 17.1. The topological polar surface area (TPSA) is 93.8 Å². The Labute approximate surface area is 213 Å². The van der Waals surface area contributed by atoms with Gasteiger partial charge in [0.15, 0.2) is 0 Å². The van der Waals surface area contributed by atoms with E-state index in [4.69, 9.17) is 4.74 Å². The van der Waals surface area contributed by atoms with E-state index in [1.165, 1.54) is 12.1 Å². The largest absolute Gasteiger partial charge is 0.487 e. The van der Waals surface area contributed by atoms with Gasteiger partial charge >= 0.3 is 0 Å². The van der Waals surface area contributed by atoms with E-state index in [1.807, 2.05) is 18.2 Å². The minimum absolute atomic E-state index is 0.0447. The van der Waals surface area contributed by atoms with Crippen LogP contribution in [0.1, 0.15) is 21.5 Å². The molecule has 0 unspecified atom stereocenters. The molecule has 3 aromatic rings. The quantitative estimate of drug-likeness (QED) is 0.143. The van der Waals surface area contributed by atoms with Crippen molar-refractivity contribution >= 4 is 78.9 Å². The Morgan fingerprint density at radius 1 is 1.13 bits per heavy atom. The summed E-state index contributed by atoms with van der Waals surface area (Å²) < 4.78 is 8.37. The van der Waals surface area contributed by atoms with E-state index in [0.29, 0.717) is 22.4 Å². The van der Waals surface area contributed by atoms with E-state index in [0.717, 1.165) is 18.3 Å². The number of carbonyl (C=O) groups is 1. The van der Waals surface area contributed by atoms with Crippen molar-refractivity contribution in [2.45, 2.75) is 6.61 Å². The number of nitrogens with one attached hydrogen (secondary N) is 1. The number of amides is 1. The number of nitrogens with zero attached hydrogens (tertiary/aromatic N) is 2. The smallest absolute Gasteiger partial charge is 0.272 e. The molecule has 1 N–H and O–H groups in total. The van der Waals surface area contributed by atoms with Gasteiger partial charge in [-0.25, -0.2) is 5.43 Å². The Morgan fingerprint density at radius 3 is 2.39 bits per heavy atom. The third-order valence-corrected chi connectivity index (χ3v) is 6.34. The fourth-order valence-corrected chi connectivity index (χ4v) is 5.12. The number of nitro benzene ring substituents is 1. The molecule has 0 aliphatic heterocycles. The van der Waals surface area contributed by atoms with E-state index in [2.05, 4.69) is 71.6 Å². The third-order valence-electron chi connectivity index (χ3n) is 4.05. The molecule has 158 valence electrons. The van der Waals surface area contributed by atoms with Crippen LogP contribution in [0, 0.1) is 17.3 Å². The lowest BCUT2D eigenvalue weighted by Crippen LogP contribution is -2.18. The lowest BCUT2D eigenvalue weighted by atomic mass is 10.2. The molecular weight excluding hydrogens is 692 g/mol. The number of benzene rings is 3. The SMILES string of the molecule is O=C(N/N=C/c1cc(I)c(OCc2ccc([N+](=O)[O-])cc2)c(I)c1)c1ccccc1Br. The zero-order valence-corrected chi connectivity index (χ0v) is 21.6. The fraction of sp³-hybridized carbons (Fsp3) is 0.0476. The molecule has 0 aliphatic carbocycles. The Balaban J connectivity index is 1.64. The highest BCUT2D eigenvalue weighted by molar-refractivity contribution is 14.1. The van der Waals surface area contributed by atoms with Crippen LogP contribution in [-0.4, -0.2) is 17.0 Å². The number of rotatable bonds is 7. The highest BCUT2D eigenvalue weighted by atomic mass is 127. The average molecular weight is 706 g/mol. The number of hydrogen-bond donors (Lipinski definition) is 1. The normalized spacial score (nSPS) is 10.8. The summed E-state index contributed by atoms with van der Waals surface area (Å²) in [7, 11) is 0. The van der Waals surface area contributed by atoms with Crippen LogP contribution in [0.4, 0.5) is 5.69 Å². The van der Waals surface area contributed by atoms with Crippen molar-refractivity contribution in [3.8, 4) is 5.75 Å². The van der Waals surface area contributed by atoms with Crippen LogP contribution in [0.25, 0.3) is 0 Å². The molecule has 31 heavy (non-hydrogen) atoms. The maximum absolute atomic E-state index is 12.2. The summed E-state index contributed by atoms with van der Waals surface area (Å²) in [5.41, 5.74) is 4.70. The summed E-state index contributed by atoms with van der Waals surface area (Å²) in [6.07, 6.45) is 1.57. The van der Waals surface area contributed by atoms with Crippen molar-refractivity contribution in [1.82, 2.24) is 5.43 Å². The van der Waals surface area contributed by atoms with Gasteiger partial charge in [-0.3, -0.25) is 14.9 Å². The van der Waals surface area contributed by atoms with Crippen molar-refractivity contribution in [2.24, 2.45) is 5.10 Å². The molecule has 10 heteroatoms. The first kappa shape index (κ1) is 23.6. The Morgan fingerprint density at radius 2 is 1.77 bits per heavy atom. The van der Waals surface area contributed by atoms with Gasteiger partial charge in [-0.2, -0.15) is 5.10 Å². The number of ether oxygens (including phenoxy) is 1. The van der Waals surface area contributed by atoms with Crippen LogP contribution in [0.3, 0.4) is 0 Å². The molecule has 7 nitrogen and oxygen atoms in total. The van der Waals surface area contributed by atoms with Gasteiger partial charge in [0.05, 0.1) is 23.8 Å². The number of hydrogen-bond acceptors (Lipinski definition) is 5. The molecule has 3 aromatic carbocycles. The summed E-state index contributed by atoms with van der Waals surface area (Å²) >= 11 is 7.69. The van der Waals surface area contributed by atoms with E-state index in [9.17, 15) is 14.9 Å². The molecule has 0 aromatic heterocycles. The molecule has 0 radical (unpaired) electrons. The summed E-state index contributed by atoms with van der Waals surface area (Å²) in [4.78, 5) is 22.5. The minimum Gasteiger partial charge on any atom is -0.487 e. The minimum atomic E-state index is -0.433. The monoisotopic (exact) mass is 705 g/mol. The standard InChI is InChI=1S/C21H14BrI2N3O4/c22-17-4-2-1-3-16(17)21(28)26-25-11-14-9-18(23)20(19(24)10-14)31-12-13-5-7-15(8-6-13)27(29)30/h1-11H,12H2,(H,26,28)/b25-11+. The van der Waals surface area contributed by atoms with Gasteiger partial charge in [0, 0.05) is 16.6 Å². The summed E-state index contributed by atoms with van der Waals surface area (Å²) in [5.74, 6) is 0.408. The molecule has 0 fully saturated rings. The molecule has 0 heterocycles. The predicted molar refractivity (Wildman–Crippen MR) is 139 cm³/mol. The van der Waals surface area contributed by atoms with Gasteiger partial charge in [-0.15, -0.1) is 0 Å². The molecule has 0 bridgehead atoms. The van der Waals surface area contributed by atoms with Crippen LogP contribution >= 0.6 is 61.1 Å². The number of carbonyl (C=O) groups excluding carboxylic acids is 1. The highest BCUT2D eigenvalue weighted by Gasteiger charge is 2.11. The number of halogens is 3. The van der Waals surface area contributed by atoms with E-state index in [1.54, 1.807) is 36.5 Å². The Hall–Kier alpha value is -2.06. The maximum atomic E-state index is 12.2. The lowest BCUT2D eigenvalue weighted by molar-refractivity contribution is -0.384. The average Bonchev–Trinajstić information content (AvgIpc) is 2.73. The van der Waals surface area contributed by atoms with E-state index in [-0.39, 0.29) is 11.6 Å². The van der Waals surface area contributed by atoms with Crippen LogP contribution in [0.5, 0.6) is 5.75 Å². The van der Waals surface area contributed by atoms with Crippen LogP contribution < -0.4 is 10.2 Å². The molecule has 0 atom stereocenters. The van der Waals surface area contributed by atoms with Gasteiger partial charge in [0.25, 0.3) is 11.6 Å². The first-order chi connectivity index (χ1) is 14.8. The molecule has 0 saturated carbocycles. The molecule has 0 saturated heterocycles. The van der Waals surface area contributed by atoms with Crippen LogP contribution in [-0.2, 0) is 6.61 Å².